The first-order valence-electron chi connectivity index (χ1n) is 7.51. The summed E-state index contributed by atoms with van der Waals surface area (Å²) >= 11 is 0. The van der Waals surface area contributed by atoms with Gasteiger partial charge in [-0.05, 0) is 38.6 Å². The van der Waals surface area contributed by atoms with Crippen LogP contribution in [0.5, 0.6) is 0 Å². The second kappa shape index (κ2) is 8.12. The Morgan fingerprint density at radius 2 is 2.14 bits per heavy atom. The summed E-state index contributed by atoms with van der Waals surface area (Å²) in [6, 6.07) is 7.85. The molecule has 116 valence electrons. The SMILES string of the molecule is CN(C)CCOCCNC1CCc2ccccc2NC1=O. The molecular formula is C16H25N3O2. The second-order valence-corrected chi connectivity index (χ2v) is 5.61. The van der Waals surface area contributed by atoms with E-state index in [9.17, 15) is 4.79 Å². The number of aryl methyl sites for hydroxylation is 1. The van der Waals surface area contributed by atoms with Crippen molar-refractivity contribution in [3.8, 4) is 0 Å². The molecular weight excluding hydrogens is 266 g/mol. The Morgan fingerprint density at radius 1 is 1.33 bits per heavy atom. The fourth-order valence-electron chi connectivity index (χ4n) is 2.36. The molecule has 0 aromatic heterocycles. The third-order valence-corrected chi connectivity index (χ3v) is 3.61. The molecule has 0 saturated carbocycles. The summed E-state index contributed by atoms with van der Waals surface area (Å²) in [4.78, 5) is 14.3. The molecule has 1 aliphatic heterocycles. The zero-order valence-electron chi connectivity index (χ0n) is 12.9. The summed E-state index contributed by atoms with van der Waals surface area (Å²) in [5, 5.41) is 6.27. The lowest BCUT2D eigenvalue weighted by Gasteiger charge is -2.15. The lowest BCUT2D eigenvalue weighted by Crippen LogP contribution is -2.41. The van der Waals surface area contributed by atoms with Crippen LogP contribution in [0.2, 0.25) is 0 Å². The molecule has 0 radical (unpaired) electrons. The molecule has 1 atom stereocenters. The van der Waals surface area contributed by atoms with E-state index in [1.165, 1.54) is 5.56 Å². The number of rotatable bonds is 7. The Kier molecular flexibility index (Phi) is 6.17. The van der Waals surface area contributed by atoms with Crippen molar-refractivity contribution >= 4 is 11.6 Å². The summed E-state index contributed by atoms with van der Waals surface area (Å²) in [6.45, 7) is 2.96. The second-order valence-electron chi connectivity index (χ2n) is 5.61. The predicted molar refractivity (Wildman–Crippen MR) is 84.6 cm³/mol. The van der Waals surface area contributed by atoms with Gasteiger partial charge in [0.05, 0.1) is 19.3 Å². The van der Waals surface area contributed by atoms with Gasteiger partial charge in [-0.1, -0.05) is 18.2 Å². The molecule has 21 heavy (non-hydrogen) atoms. The minimum absolute atomic E-state index is 0.0493. The molecule has 1 aromatic carbocycles. The highest BCUT2D eigenvalue weighted by atomic mass is 16.5. The van der Waals surface area contributed by atoms with Crippen molar-refractivity contribution in [3.63, 3.8) is 0 Å². The number of fused-ring (bicyclic) bond motifs is 1. The summed E-state index contributed by atoms with van der Waals surface area (Å²) in [5.74, 6) is 0.0493. The van der Waals surface area contributed by atoms with E-state index in [1.54, 1.807) is 0 Å². The van der Waals surface area contributed by atoms with Crippen LogP contribution in [0, 0.1) is 0 Å². The van der Waals surface area contributed by atoms with Crippen LogP contribution in [0.3, 0.4) is 0 Å². The first-order valence-corrected chi connectivity index (χ1v) is 7.51. The average molecular weight is 291 g/mol. The quantitative estimate of drug-likeness (QED) is 0.739. The maximum Gasteiger partial charge on any atom is 0.241 e. The van der Waals surface area contributed by atoms with Gasteiger partial charge < -0.3 is 20.3 Å². The van der Waals surface area contributed by atoms with E-state index in [1.807, 2.05) is 32.3 Å². The van der Waals surface area contributed by atoms with E-state index in [2.05, 4.69) is 21.6 Å². The van der Waals surface area contributed by atoms with E-state index in [-0.39, 0.29) is 11.9 Å². The topological polar surface area (TPSA) is 53.6 Å². The minimum Gasteiger partial charge on any atom is -0.379 e. The van der Waals surface area contributed by atoms with Gasteiger partial charge in [0, 0.05) is 18.8 Å². The number of para-hydroxylation sites is 1. The smallest absolute Gasteiger partial charge is 0.241 e. The number of hydrogen-bond donors (Lipinski definition) is 2. The van der Waals surface area contributed by atoms with Gasteiger partial charge in [-0.2, -0.15) is 0 Å². The highest BCUT2D eigenvalue weighted by molar-refractivity contribution is 5.96. The van der Waals surface area contributed by atoms with E-state index in [0.717, 1.165) is 31.7 Å². The molecule has 1 heterocycles. The highest BCUT2D eigenvalue weighted by Gasteiger charge is 2.22. The lowest BCUT2D eigenvalue weighted by atomic mass is 10.1. The molecule has 1 unspecified atom stereocenters. The lowest BCUT2D eigenvalue weighted by molar-refractivity contribution is -0.118. The van der Waals surface area contributed by atoms with Crippen molar-refractivity contribution < 1.29 is 9.53 Å². The molecule has 1 aliphatic rings. The van der Waals surface area contributed by atoms with Crippen LogP contribution in [-0.2, 0) is 16.0 Å². The molecule has 0 bridgehead atoms. The van der Waals surface area contributed by atoms with Gasteiger partial charge in [-0.3, -0.25) is 4.79 Å². The van der Waals surface area contributed by atoms with Gasteiger partial charge in [-0.25, -0.2) is 0 Å². The Bertz CT molecular complexity index is 463. The summed E-state index contributed by atoms with van der Waals surface area (Å²) < 4.78 is 5.53. The molecule has 5 nitrogen and oxygen atoms in total. The van der Waals surface area contributed by atoms with Gasteiger partial charge in [0.25, 0.3) is 0 Å². The number of amides is 1. The largest absolute Gasteiger partial charge is 0.379 e. The number of carbonyl (C=O) groups excluding carboxylic acids is 1. The van der Waals surface area contributed by atoms with Crippen LogP contribution in [0.25, 0.3) is 0 Å². The van der Waals surface area contributed by atoms with Crippen molar-refractivity contribution in [3.05, 3.63) is 29.8 Å². The van der Waals surface area contributed by atoms with Crippen LogP contribution < -0.4 is 10.6 Å². The fourth-order valence-corrected chi connectivity index (χ4v) is 2.36. The maximum absolute atomic E-state index is 12.2. The summed E-state index contributed by atoms with van der Waals surface area (Å²) in [6.07, 6.45) is 1.73. The standard InChI is InChI=1S/C16H25N3O2/c1-19(2)10-12-21-11-9-17-15-8-7-13-5-3-4-6-14(13)18-16(15)20/h3-6,15,17H,7-12H2,1-2H3,(H,18,20). The normalized spacial score (nSPS) is 18.2. The number of anilines is 1. The van der Waals surface area contributed by atoms with Crippen LogP contribution in [0.4, 0.5) is 5.69 Å². The van der Waals surface area contributed by atoms with E-state index in [0.29, 0.717) is 13.2 Å². The first-order chi connectivity index (χ1) is 10.2. The van der Waals surface area contributed by atoms with Crippen molar-refractivity contribution in [2.24, 2.45) is 0 Å². The number of hydrogen-bond acceptors (Lipinski definition) is 4. The van der Waals surface area contributed by atoms with Gasteiger partial charge in [0.1, 0.15) is 0 Å². The molecule has 1 aromatic rings. The van der Waals surface area contributed by atoms with Gasteiger partial charge in [0.15, 0.2) is 0 Å². The predicted octanol–water partition coefficient (Wildman–Crippen LogP) is 1.11. The van der Waals surface area contributed by atoms with Crippen molar-refractivity contribution in [1.29, 1.82) is 0 Å². The van der Waals surface area contributed by atoms with Crippen LogP contribution in [0.15, 0.2) is 24.3 Å². The van der Waals surface area contributed by atoms with Crippen LogP contribution in [0.1, 0.15) is 12.0 Å². The van der Waals surface area contributed by atoms with Gasteiger partial charge in [0.2, 0.25) is 5.91 Å². The Balaban J connectivity index is 1.72. The molecule has 1 amide bonds. The van der Waals surface area contributed by atoms with Crippen LogP contribution >= 0.6 is 0 Å². The molecule has 0 spiro atoms. The van der Waals surface area contributed by atoms with Gasteiger partial charge >= 0.3 is 0 Å². The molecule has 5 heteroatoms. The highest BCUT2D eigenvalue weighted by Crippen LogP contribution is 2.21. The Labute approximate surface area is 126 Å². The van der Waals surface area contributed by atoms with Crippen LogP contribution in [-0.4, -0.2) is 57.2 Å². The molecule has 0 aliphatic carbocycles. The number of benzene rings is 1. The number of likely N-dealkylation sites (N-methyl/N-ethyl adjacent to an activating group) is 1. The first kappa shape index (κ1) is 15.9. The third-order valence-electron chi connectivity index (χ3n) is 3.61. The van der Waals surface area contributed by atoms with Gasteiger partial charge in [-0.15, -0.1) is 0 Å². The number of nitrogens with zero attached hydrogens (tertiary/aromatic N) is 1. The van der Waals surface area contributed by atoms with E-state index < -0.39 is 0 Å². The zero-order chi connectivity index (χ0) is 15.1. The minimum atomic E-state index is -0.144. The molecule has 0 fully saturated rings. The Hall–Kier alpha value is -1.43. The van der Waals surface area contributed by atoms with E-state index in [4.69, 9.17) is 4.74 Å². The number of ether oxygens (including phenoxy) is 1. The number of carbonyl (C=O) groups is 1. The third kappa shape index (κ3) is 5.12. The molecule has 2 rings (SSSR count). The number of nitrogens with one attached hydrogen (secondary N) is 2. The van der Waals surface area contributed by atoms with Crippen molar-refractivity contribution in [2.75, 3.05) is 45.7 Å². The van der Waals surface area contributed by atoms with E-state index >= 15 is 0 Å². The summed E-state index contributed by atoms with van der Waals surface area (Å²) in [7, 11) is 4.05. The molecule has 0 saturated heterocycles. The molecule has 2 N–H and O–H groups in total. The van der Waals surface area contributed by atoms with Crippen molar-refractivity contribution in [1.82, 2.24) is 10.2 Å². The zero-order valence-corrected chi connectivity index (χ0v) is 12.9. The monoisotopic (exact) mass is 291 g/mol. The average Bonchev–Trinajstić information content (AvgIpc) is 2.61. The fraction of sp³-hybridized carbons (Fsp3) is 0.562. The van der Waals surface area contributed by atoms with Crippen molar-refractivity contribution in [2.45, 2.75) is 18.9 Å². The maximum atomic E-state index is 12.2. The summed E-state index contributed by atoms with van der Waals surface area (Å²) in [5.41, 5.74) is 2.14. The Morgan fingerprint density at radius 3 is 2.95 bits per heavy atom.